The fraction of sp³-hybridized carbons (Fsp3) is 0.714. The van der Waals surface area contributed by atoms with Crippen LogP contribution in [0.25, 0.3) is 10.4 Å². The van der Waals surface area contributed by atoms with Gasteiger partial charge in [0.1, 0.15) is 6.04 Å². The SMILES string of the molecule is [N-]=[N+]=NC1C(=O)NC1CCOC(=O)C(F)(F)F. The van der Waals surface area contributed by atoms with Crippen molar-refractivity contribution in [2.75, 3.05) is 6.61 Å². The number of hydrogen-bond acceptors (Lipinski definition) is 4. The van der Waals surface area contributed by atoms with Crippen LogP contribution in [0.4, 0.5) is 13.2 Å². The Balaban J connectivity index is 2.31. The summed E-state index contributed by atoms with van der Waals surface area (Å²) < 4.78 is 39.1. The molecule has 10 heteroatoms. The predicted octanol–water partition coefficient (Wildman–Crippen LogP) is 0.659. The molecule has 1 N–H and O–H groups in total. The summed E-state index contributed by atoms with van der Waals surface area (Å²) in [7, 11) is 0. The molecular formula is C7H7F3N4O3. The van der Waals surface area contributed by atoms with Crippen LogP contribution in [-0.2, 0) is 14.3 Å². The van der Waals surface area contributed by atoms with Crippen molar-refractivity contribution in [1.29, 1.82) is 0 Å². The summed E-state index contributed by atoms with van der Waals surface area (Å²) in [6.07, 6.45) is -5.08. The standard InChI is InChI=1S/C7H7F3N4O3/c8-7(9,10)6(16)17-2-1-3-4(13-14-11)5(15)12-3/h3-4H,1-2H2,(H,12,15). The maximum Gasteiger partial charge on any atom is 0.490 e. The number of nitrogens with one attached hydrogen (secondary N) is 1. The van der Waals surface area contributed by atoms with E-state index in [-0.39, 0.29) is 6.42 Å². The minimum absolute atomic E-state index is 0.0444. The molecule has 0 saturated carbocycles. The van der Waals surface area contributed by atoms with E-state index in [4.69, 9.17) is 5.53 Å². The Hall–Kier alpha value is -1.96. The van der Waals surface area contributed by atoms with Crippen LogP contribution in [-0.4, -0.2) is 36.7 Å². The molecule has 1 aliphatic rings. The normalized spacial score (nSPS) is 23.1. The smallest absolute Gasteiger partial charge is 0.459 e. The van der Waals surface area contributed by atoms with E-state index >= 15 is 0 Å². The average molecular weight is 252 g/mol. The molecule has 0 aromatic rings. The number of carbonyl (C=O) groups is 2. The first-order valence-corrected chi connectivity index (χ1v) is 4.45. The van der Waals surface area contributed by atoms with E-state index in [9.17, 15) is 22.8 Å². The number of halogens is 3. The summed E-state index contributed by atoms with van der Waals surface area (Å²) in [5, 5.41) is 5.46. The third-order valence-corrected chi connectivity index (χ3v) is 2.05. The molecule has 0 aromatic heterocycles. The molecule has 2 unspecified atom stereocenters. The van der Waals surface area contributed by atoms with Gasteiger partial charge in [-0.2, -0.15) is 13.2 Å². The molecule has 7 nitrogen and oxygen atoms in total. The molecule has 0 bridgehead atoms. The van der Waals surface area contributed by atoms with E-state index in [2.05, 4.69) is 20.1 Å². The van der Waals surface area contributed by atoms with Crippen LogP contribution >= 0.6 is 0 Å². The Morgan fingerprint density at radius 2 is 2.24 bits per heavy atom. The summed E-state index contributed by atoms with van der Waals surface area (Å²) in [5.74, 6) is -2.79. The molecule has 94 valence electrons. The zero-order chi connectivity index (χ0) is 13.1. The van der Waals surface area contributed by atoms with Gasteiger partial charge in [0.2, 0.25) is 5.91 Å². The number of ether oxygens (including phenoxy) is 1. The van der Waals surface area contributed by atoms with Crippen molar-refractivity contribution in [3.05, 3.63) is 10.4 Å². The predicted molar refractivity (Wildman–Crippen MR) is 46.5 cm³/mol. The molecule has 0 aliphatic carbocycles. The van der Waals surface area contributed by atoms with Gasteiger partial charge >= 0.3 is 12.1 Å². The Morgan fingerprint density at radius 1 is 1.59 bits per heavy atom. The first-order chi connectivity index (χ1) is 7.86. The van der Waals surface area contributed by atoms with Crippen molar-refractivity contribution in [1.82, 2.24) is 5.32 Å². The third-order valence-electron chi connectivity index (χ3n) is 2.05. The van der Waals surface area contributed by atoms with Gasteiger partial charge in [0.25, 0.3) is 0 Å². The second-order valence-electron chi connectivity index (χ2n) is 3.19. The lowest BCUT2D eigenvalue weighted by Gasteiger charge is -2.33. The van der Waals surface area contributed by atoms with E-state index in [1.165, 1.54) is 0 Å². The van der Waals surface area contributed by atoms with Crippen molar-refractivity contribution in [3.8, 4) is 0 Å². The van der Waals surface area contributed by atoms with Gasteiger partial charge < -0.3 is 10.1 Å². The summed E-state index contributed by atoms with van der Waals surface area (Å²) in [5.41, 5.74) is 8.10. The molecule has 1 aliphatic heterocycles. The van der Waals surface area contributed by atoms with Gasteiger partial charge in [0, 0.05) is 17.4 Å². The molecule has 1 saturated heterocycles. The van der Waals surface area contributed by atoms with E-state index in [0.717, 1.165) is 0 Å². The average Bonchev–Trinajstić information content (AvgIpc) is 2.23. The van der Waals surface area contributed by atoms with Gasteiger partial charge in [-0.05, 0) is 5.53 Å². The number of rotatable bonds is 4. The molecule has 1 rings (SSSR count). The molecular weight excluding hydrogens is 245 g/mol. The van der Waals surface area contributed by atoms with Crippen LogP contribution in [0.3, 0.4) is 0 Å². The van der Waals surface area contributed by atoms with Crippen molar-refractivity contribution in [3.63, 3.8) is 0 Å². The first-order valence-electron chi connectivity index (χ1n) is 4.45. The number of β-lactam (4-membered cyclic amide) rings is 1. The minimum Gasteiger partial charge on any atom is -0.459 e. The van der Waals surface area contributed by atoms with Gasteiger partial charge in [-0.1, -0.05) is 5.11 Å². The fourth-order valence-electron chi connectivity index (χ4n) is 1.21. The molecule has 0 aromatic carbocycles. The zero-order valence-electron chi connectivity index (χ0n) is 8.27. The lowest BCUT2D eigenvalue weighted by atomic mass is 9.97. The summed E-state index contributed by atoms with van der Waals surface area (Å²) in [6, 6.07) is -1.55. The number of amides is 1. The van der Waals surface area contributed by atoms with Crippen molar-refractivity contribution < 1.29 is 27.5 Å². The molecule has 2 atom stereocenters. The van der Waals surface area contributed by atoms with E-state index in [0.29, 0.717) is 0 Å². The quantitative estimate of drug-likeness (QED) is 0.261. The highest BCUT2D eigenvalue weighted by Crippen LogP contribution is 2.18. The topological polar surface area (TPSA) is 104 Å². The second-order valence-corrected chi connectivity index (χ2v) is 3.19. The van der Waals surface area contributed by atoms with Gasteiger partial charge in [0.05, 0.1) is 6.61 Å². The highest BCUT2D eigenvalue weighted by Gasteiger charge is 2.42. The Bertz CT molecular complexity index is 375. The maximum absolute atomic E-state index is 11.7. The highest BCUT2D eigenvalue weighted by atomic mass is 19.4. The van der Waals surface area contributed by atoms with Gasteiger partial charge in [-0.15, -0.1) is 0 Å². The second kappa shape index (κ2) is 4.91. The van der Waals surface area contributed by atoms with Crippen LogP contribution in [0.15, 0.2) is 5.11 Å². The summed E-state index contributed by atoms with van der Waals surface area (Å²) >= 11 is 0. The fourth-order valence-corrected chi connectivity index (χ4v) is 1.21. The lowest BCUT2D eigenvalue weighted by Crippen LogP contribution is -2.61. The Labute approximate surface area is 92.5 Å². The van der Waals surface area contributed by atoms with E-state index in [1.807, 2.05) is 0 Å². The third kappa shape index (κ3) is 3.25. The Morgan fingerprint density at radius 3 is 2.71 bits per heavy atom. The zero-order valence-corrected chi connectivity index (χ0v) is 8.27. The minimum atomic E-state index is -5.03. The van der Waals surface area contributed by atoms with Gasteiger partial charge in [-0.25, -0.2) is 4.79 Å². The van der Waals surface area contributed by atoms with Crippen LogP contribution in [0.2, 0.25) is 0 Å². The summed E-state index contributed by atoms with van der Waals surface area (Å²) in [4.78, 5) is 23.5. The monoisotopic (exact) mass is 252 g/mol. The first kappa shape index (κ1) is 13.1. The number of carbonyl (C=O) groups excluding carboxylic acids is 2. The maximum atomic E-state index is 11.7. The van der Waals surface area contributed by atoms with E-state index < -0.39 is 36.7 Å². The molecule has 0 spiro atoms. The molecule has 0 radical (unpaired) electrons. The molecule has 1 heterocycles. The number of hydrogen-bond donors (Lipinski definition) is 1. The van der Waals surface area contributed by atoms with Crippen molar-refractivity contribution >= 4 is 11.9 Å². The highest BCUT2D eigenvalue weighted by molar-refractivity contribution is 5.89. The number of azide groups is 1. The molecule has 1 fully saturated rings. The van der Waals surface area contributed by atoms with Gasteiger partial charge in [0.15, 0.2) is 0 Å². The summed E-state index contributed by atoms with van der Waals surface area (Å²) in [6.45, 7) is -0.513. The van der Waals surface area contributed by atoms with Gasteiger partial charge in [-0.3, -0.25) is 4.79 Å². The van der Waals surface area contributed by atoms with Crippen molar-refractivity contribution in [2.24, 2.45) is 5.11 Å². The van der Waals surface area contributed by atoms with E-state index in [1.54, 1.807) is 0 Å². The van der Waals surface area contributed by atoms with Crippen LogP contribution < -0.4 is 5.32 Å². The Kier molecular flexibility index (Phi) is 3.79. The number of esters is 1. The number of nitrogens with zero attached hydrogens (tertiary/aromatic N) is 3. The number of alkyl halides is 3. The lowest BCUT2D eigenvalue weighted by molar-refractivity contribution is -0.200. The molecule has 17 heavy (non-hydrogen) atoms. The van der Waals surface area contributed by atoms with Crippen molar-refractivity contribution in [2.45, 2.75) is 24.7 Å². The van der Waals surface area contributed by atoms with Crippen LogP contribution in [0, 0.1) is 0 Å². The van der Waals surface area contributed by atoms with Crippen LogP contribution in [0.5, 0.6) is 0 Å². The molecule has 1 amide bonds. The van der Waals surface area contributed by atoms with Crippen LogP contribution in [0.1, 0.15) is 6.42 Å². The largest absolute Gasteiger partial charge is 0.490 e.